The molecule has 6 heteroatoms. The fraction of sp³-hybridized carbons (Fsp3) is 0.571. The van der Waals surface area contributed by atoms with E-state index >= 15 is 0 Å². The molecule has 1 rings (SSSR count). The Kier molecular flexibility index (Phi) is 6.45. The van der Waals surface area contributed by atoms with Gasteiger partial charge in [-0.05, 0) is 30.7 Å². The molecule has 0 radical (unpaired) electrons. The molecular weight excluding hydrogens is 278 g/mol. The quantitative estimate of drug-likeness (QED) is 0.751. The monoisotopic (exact) mass is 301 g/mol. The first kappa shape index (κ1) is 16.9. The molecule has 1 aromatic rings. The zero-order chi connectivity index (χ0) is 15.2. The zero-order valence-electron chi connectivity index (χ0n) is 12.2. The molecule has 0 fully saturated rings. The van der Waals surface area contributed by atoms with Crippen molar-refractivity contribution in [2.24, 2.45) is 5.92 Å². The highest BCUT2D eigenvalue weighted by atomic mass is 32.2. The summed E-state index contributed by atoms with van der Waals surface area (Å²) in [5.74, 6) is 0.963. The van der Waals surface area contributed by atoms with E-state index in [-0.39, 0.29) is 11.5 Å². The van der Waals surface area contributed by atoms with Gasteiger partial charge in [0.05, 0.1) is 4.90 Å². The van der Waals surface area contributed by atoms with E-state index in [4.69, 9.17) is 4.74 Å². The van der Waals surface area contributed by atoms with E-state index in [1.807, 2.05) is 0 Å². The molecule has 0 amide bonds. The van der Waals surface area contributed by atoms with Crippen LogP contribution >= 0.6 is 0 Å². The van der Waals surface area contributed by atoms with Gasteiger partial charge in [-0.25, -0.2) is 8.42 Å². The van der Waals surface area contributed by atoms with Gasteiger partial charge in [0.1, 0.15) is 18.5 Å². The minimum absolute atomic E-state index is 0.123. The first-order chi connectivity index (χ1) is 9.29. The number of nitrogens with one attached hydrogen (secondary N) is 1. The summed E-state index contributed by atoms with van der Waals surface area (Å²) in [4.78, 5) is 0.211. The third kappa shape index (κ3) is 6.36. The molecule has 0 saturated carbocycles. The van der Waals surface area contributed by atoms with Crippen molar-refractivity contribution in [3.05, 3.63) is 24.3 Å². The summed E-state index contributed by atoms with van der Waals surface area (Å²) in [6.45, 7) is 5.59. The Bertz CT molecular complexity index is 514. The van der Waals surface area contributed by atoms with Gasteiger partial charge in [0.2, 0.25) is 0 Å². The predicted molar refractivity (Wildman–Crippen MR) is 78.8 cm³/mol. The number of aliphatic hydroxyl groups is 1. The lowest BCUT2D eigenvalue weighted by molar-refractivity contribution is 0.106. The van der Waals surface area contributed by atoms with Crippen LogP contribution in [0.5, 0.6) is 5.75 Å². The first-order valence-corrected chi connectivity index (χ1v) is 8.50. The second-order valence-corrected chi connectivity index (χ2v) is 7.28. The van der Waals surface area contributed by atoms with E-state index < -0.39 is 15.9 Å². The molecule has 2 N–H and O–H groups in total. The number of benzene rings is 1. The van der Waals surface area contributed by atoms with Gasteiger partial charge < -0.3 is 15.2 Å². The highest BCUT2D eigenvalue weighted by Crippen LogP contribution is 2.17. The summed E-state index contributed by atoms with van der Waals surface area (Å²) in [7, 11) is -3.24. The average molecular weight is 301 g/mol. The highest BCUT2D eigenvalue weighted by Gasteiger charge is 2.09. The second kappa shape index (κ2) is 7.61. The molecule has 0 bridgehead atoms. The highest BCUT2D eigenvalue weighted by molar-refractivity contribution is 7.90. The fourth-order valence-corrected chi connectivity index (χ4v) is 2.24. The molecule has 0 saturated heterocycles. The van der Waals surface area contributed by atoms with Crippen LogP contribution in [0.25, 0.3) is 0 Å². The minimum Gasteiger partial charge on any atom is -0.491 e. The summed E-state index contributed by atoms with van der Waals surface area (Å²) in [5.41, 5.74) is 0. The van der Waals surface area contributed by atoms with Crippen molar-refractivity contribution in [2.45, 2.75) is 24.8 Å². The van der Waals surface area contributed by atoms with Crippen molar-refractivity contribution in [2.75, 3.05) is 26.0 Å². The molecule has 0 aromatic heterocycles. The smallest absolute Gasteiger partial charge is 0.175 e. The summed E-state index contributed by atoms with van der Waals surface area (Å²) >= 11 is 0. The topological polar surface area (TPSA) is 75.6 Å². The molecule has 1 aromatic carbocycles. The zero-order valence-corrected chi connectivity index (χ0v) is 13.0. The van der Waals surface area contributed by atoms with E-state index in [0.717, 1.165) is 12.8 Å². The Morgan fingerprint density at radius 2 is 2.00 bits per heavy atom. The van der Waals surface area contributed by atoms with Gasteiger partial charge in [0.25, 0.3) is 0 Å². The van der Waals surface area contributed by atoms with Crippen LogP contribution in [0.2, 0.25) is 0 Å². The maximum Gasteiger partial charge on any atom is 0.175 e. The van der Waals surface area contributed by atoms with Crippen LogP contribution in [-0.4, -0.2) is 45.6 Å². The van der Waals surface area contributed by atoms with Gasteiger partial charge in [0, 0.05) is 12.8 Å². The molecule has 1 unspecified atom stereocenters. The number of hydrogen-bond acceptors (Lipinski definition) is 5. The van der Waals surface area contributed by atoms with Crippen molar-refractivity contribution >= 4 is 9.84 Å². The van der Waals surface area contributed by atoms with Gasteiger partial charge in [-0.15, -0.1) is 0 Å². The van der Waals surface area contributed by atoms with Crippen LogP contribution in [0, 0.1) is 5.92 Å². The third-order valence-corrected chi connectivity index (χ3v) is 3.72. The minimum atomic E-state index is -3.24. The number of aliphatic hydroxyl groups excluding tert-OH is 1. The maximum absolute atomic E-state index is 11.4. The molecule has 20 heavy (non-hydrogen) atoms. The number of rotatable bonds is 8. The molecule has 0 aliphatic rings. The van der Waals surface area contributed by atoms with Crippen LogP contribution in [0.15, 0.2) is 29.2 Å². The molecule has 0 spiro atoms. The summed E-state index contributed by atoms with van der Waals surface area (Å²) in [6.07, 6.45) is 0.521. The van der Waals surface area contributed by atoms with E-state index in [9.17, 15) is 13.5 Å². The van der Waals surface area contributed by atoms with Crippen LogP contribution in [0.3, 0.4) is 0 Å². The van der Waals surface area contributed by atoms with E-state index in [0.29, 0.717) is 18.2 Å². The normalized spacial score (nSPS) is 13.4. The van der Waals surface area contributed by atoms with Crippen molar-refractivity contribution < 1.29 is 18.3 Å². The SMILES string of the molecule is CC(C)CNCC(O)COc1cccc(S(C)(=O)=O)c1. The Labute approximate surface area is 120 Å². The fourth-order valence-electron chi connectivity index (χ4n) is 1.58. The Balaban J connectivity index is 2.45. The summed E-state index contributed by atoms with van der Waals surface area (Å²) in [6, 6.07) is 6.27. The first-order valence-electron chi connectivity index (χ1n) is 6.60. The number of hydrogen-bond donors (Lipinski definition) is 2. The predicted octanol–water partition coefficient (Wildman–Crippen LogP) is 1.08. The summed E-state index contributed by atoms with van der Waals surface area (Å²) in [5, 5.41) is 12.9. The van der Waals surface area contributed by atoms with Gasteiger partial charge in [-0.1, -0.05) is 19.9 Å². The Morgan fingerprint density at radius 3 is 2.60 bits per heavy atom. The van der Waals surface area contributed by atoms with E-state index in [2.05, 4.69) is 19.2 Å². The lowest BCUT2D eigenvalue weighted by Gasteiger charge is -2.14. The molecule has 5 nitrogen and oxygen atoms in total. The van der Waals surface area contributed by atoms with E-state index in [1.54, 1.807) is 12.1 Å². The standard InChI is InChI=1S/C14H23NO4S/c1-11(2)8-15-9-12(16)10-19-13-5-4-6-14(7-13)20(3,17)18/h4-7,11-12,15-16H,8-10H2,1-3H3. The van der Waals surface area contributed by atoms with Crippen molar-refractivity contribution in [3.8, 4) is 5.75 Å². The van der Waals surface area contributed by atoms with Gasteiger partial charge in [-0.2, -0.15) is 0 Å². The molecular formula is C14H23NO4S. The molecule has 0 aliphatic heterocycles. The third-order valence-electron chi connectivity index (χ3n) is 2.61. The maximum atomic E-state index is 11.4. The lowest BCUT2D eigenvalue weighted by Crippen LogP contribution is -2.33. The van der Waals surface area contributed by atoms with Crippen LogP contribution < -0.4 is 10.1 Å². The molecule has 0 heterocycles. The van der Waals surface area contributed by atoms with Gasteiger partial charge in [-0.3, -0.25) is 0 Å². The van der Waals surface area contributed by atoms with Crippen molar-refractivity contribution in [3.63, 3.8) is 0 Å². The van der Waals surface area contributed by atoms with Crippen molar-refractivity contribution in [1.82, 2.24) is 5.32 Å². The number of ether oxygens (including phenoxy) is 1. The Hall–Kier alpha value is -1.11. The van der Waals surface area contributed by atoms with Crippen LogP contribution in [0.1, 0.15) is 13.8 Å². The lowest BCUT2D eigenvalue weighted by atomic mass is 10.2. The molecule has 114 valence electrons. The Morgan fingerprint density at radius 1 is 1.30 bits per heavy atom. The average Bonchev–Trinajstić information content (AvgIpc) is 2.35. The van der Waals surface area contributed by atoms with Gasteiger partial charge >= 0.3 is 0 Å². The van der Waals surface area contributed by atoms with Gasteiger partial charge in [0.15, 0.2) is 9.84 Å². The van der Waals surface area contributed by atoms with Crippen LogP contribution in [-0.2, 0) is 9.84 Å². The molecule has 1 atom stereocenters. The van der Waals surface area contributed by atoms with Crippen molar-refractivity contribution in [1.29, 1.82) is 0 Å². The van der Waals surface area contributed by atoms with E-state index in [1.165, 1.54) is 12.1 Å². The largest absolute Gasteiger partial charge is 0.491 e. The summed E-state index contributed by atoms with van der Waals surface area (Å²) < 4.78 is 28.2. The molecule has 0 aliphatic carbocycles. The van der Waals surface area contributed by atoms with Crippen LogP contribution in [0.4, 0.5) is 0 Å². The number of sulfone groups is 1. The second-order valence-electron chi connectivity index (χ2n) is 5.26.